The van der Waals surface area contributed by atoms with Crippen LogP contribution in [0.5, 0.6) is 0 Å². The van der Waals surface area contributed by atoms with Gasteiger partial charge in [-0.25, -0.2) is 8.42 Å². The highest BCUT2D eigenvalue weighted by Gasteiger charge is 2.21. The van der Waals surface area contributed by atoms with Gasteiger partial charge in [-0.05, 0) is 41.8 Å². The van der Waals surface area contributed by atoms with Gasteiger partial charge in [0.05, 0.1) is 15.5 Å². The quantitative estimate of drug-likeness (QED) is 0.777. The number of thiophene rings is 1. The van der Waals surface area contributed by atoms with Gasteiger partial charge in [0.1, 0.15) is 0 Å². The van der Waals surface area contributed by atoms with Crippen molar-refractivity contribution < 1.29 is 13.2 Å². The number of sulfonamides is 1. The highest BCUT2D eigenvalue weighted by molar-refractivity contribution is 7.92. The summed E-state index contributed by atoms with van der Waals surface area (Å²) in [6, 6.07) is 15.4. The molecule has 0 unspecified atom stereocenters. The molecule has 0 atom stereocenters. The molecule has 1 N–H and O–H groups in total. The minimum Gasteiger partial charge on any atom is -0.354 e. The number of fused-ring (bicyclic) bond motifs is 1. The van der Waals surface area contributed by atoms with Crippen molar-refractivity contribution in [2.75, 3.05) is 18.4 Å². The Kier molecular flexibility index (Phi) is 4.29. The van der Waals surface area contributed by atoms with Gasteiger partial charge < -0.3 is 5.32 Å². The molecule has 0 aliphatic heterocycles. The van der Waals surface area contributed by atoms with Gasteiger partial charge in [0.2, 0.25) is 0 Å². The largest absolute Gasteiger partial charge is 0.354 e. The molecule has 5 nitrogen and oxygen atoms in total. The third kappa shape index (κ3) is 2.88. The van der Waals surface area contributed by atoms with Crippen LogP contribution >= 0.6 is 11.3 Å². The summed E-state index contributed by atoms with van der Waals surface area (Å²) in [4.78, 5) is 12.6. The van der Waals surface area contributed by atoms with E-state index in [1.807, 2.05) is 6.07 Å². The lowest BCUT2D eigenvalue weighted by atomic mass is 10.2. The number of carbonyl (C=O) groups is 1. The van der Waals surface area contributed by atoms with Crippen molar-refractivity contribution in [3.8, 4) is 0 Å². The summed E-state index contributed by atoms with van der Waals surface area (Å²) in [6.45, 7) is 0. The number of nitrogens with one attached hydrogen (secondary N) is 1. The Balaban J connectivity index is 2.01. The zero-order valence-electron chi connectivity index (χ0n) is 13.2. The molecule has 1 amide bonds. The molecule has 0 radical (unpaired) electrons. The molecular formula is C17H16N2O3S2. The molecule has 0 bridgehead atoms. The lowest BCUT2D eigenvalue weighted by Gasteiger charge is -2.19. The standard InChI is InChI=1S/C17H16N2O3S2/c1-18-17(20)16-11-12-10-13(8-9-15(12)23-16)19(2)24(21,22)14-6-4-3-5-7-14/h3-11H,1-2H3,(H,18,20). The van der Waals surface area contributed by atoms with Crippen molar-refractivity contribution in [3.05, 3.63) is 59.5 Å². The van der Waals surface area contributed by atoms with E-state index < -0.39 is 10.0 Å². The molecule has 3 aromatic rings. The van der Waals surface area contributed by atoms with Gasteiger partial charge in [-0.2, -0.15) is 0 Å². The van der Waals surface area contributed by atoms with Crippen LogP contribution in [-0.2, 0) is 10.0 Å². The van der Waals surface area contributed by atoms with Crippen LogP contribution in [-0.4, -0.2) is 28.4 Å². The van der Waals surface area contributed by atoms with Gasteiger partial charge in [-0.1, -0.05) is 18.2 Å². The topological polar surface area (TPSA) is 66.5 Å². The molecule has 124 valence electrons. The minimum atomic E-state index is -3.62. The van der Waals surface area contributed by atoms with E-state index in [4.69, 9.17) is 0 Å². The molecule has 3 rings (SSSR count). The van der Waals surface area contributed by atoms with Crippen molar-refractivity contribution in [3.63, 3.8) is 0 Å². The first-order valence-electron chi connectivity index (χ1n) is 7.23. The molecule has 0 saturated carbocycles. The maximum absolute atomic E-state index is 12.7. The second kappa shape index (κ2) is 6.26. The Hall–Kier alpha value is -2.38. The molecule has 0 fully saturated rings. The summed E-state index contributed by atoms with van der Waals surface area (Å²) < 4.78 is 27.6. The fourth-order valence-corrected chi connectivity index (χ4v) is 4.55. The number of nitrogens with zero attached hydrogens (tertiary/aromatic N) is 1. The Bertz CT molecular complexity index is 995. The highest BCUT2D eigenvalue weighted by atomic mass is 32.2. The van der Waals surface area contributed by atoms with Crippen LogP contribution in [0.25, 0.3) is 10.1 Å². The molecule has 1 aromatic heterocycles. The van der Waals surface area contributed by atoms with E-state index in [0.29, 0.717) is 10.6 Å². The Morgan fingerprint density at radius 3 is 2.46 bits per heavy atom. The number of benzene rings is 2. The molecule has 0 aliphatic carbocycles. The molecule has 0 saturated heterocycles. The van der Waals surface area contributed by atoms with E-state index in [-0.39, 0.29) is 10.8 Å². The van der Waals surface area contributed by atoms with Crippen molar-refractivity contribution in [2.24, 2.45) is 0 Å². The summed E-state index contributed by atoms with van der Waals surface area (Å²) in [5.41, 5.74) is 0.549. The van der Waals surface area contributed by atoms with Crippen molar-refractivity contribution in [1.82, 2.24) is 5.32 Å². The Morgan fingerprint density at radius 2 is 1.79 bits per heavy atom. The summed E-state index contributed by atoms with van der Waals surface area (Å²) in [5, 5.41) is 3.43. The monoisotopic (exact) mass is 360 g/mol. The van der Waals surface area contributed by atoms with E-state index in [9.17, 15) is 13.2 Å². The van der Waals surface area contributed by atoms with E-state index in [1.165, 1.54) is 22.7 Å². The predicted octanol–water partition coefficient (Wildman–Crippen LogP) is 3.09. The fourth-order valence-electron chi connectivity index (χ4n) is 2.35. The van der Waals surface area contributed by atoms with Gasteiger partial charge in [-0.3, -0.25) is 9.10 Å². The van der Waals surface area contributed by atoms with Gasteiger partial charge in [0, 0.05) is 18.8 Å². The number of carbonyl (C=O) groups excluding carboxylic acids is 1. The molecule has 1 heterocycles. The van der Waals surface area contributed by atoms with Crippen LogP contribution in [0.1, 0.15) is 9.67 Å². The normalized spacial score (nSPS) is 11.4. The van der Waals surface area contributed by atoms with Gasteiger partial charge in [0.25, 0.3) is 15.9 Å². The molecule has 0 spiro atoms. The Labute approximate surface area is 144 Å². The maximum atomic E-state index is 12.7. The van der Waals surface area contributed by atoms with E-state index in [2.05, 4.69) is 5.32 Å². The number of hydrogen-bond acceptors (Lipinski definition) is 4. The van der Waals surface area contributed by atoms with Crippen LogP contribution in [0, 0.1) is 0 Å². The lowest BCUT2D eigenvalue weighted by molar-refractivity contribution is 0.0967. The summed E-state index contributed by atoms with van der Waals surface area (Å²) in [5.74, 6) is -0.150. The maximum Gasteiger partial charge on any atom is 0.264 e. The van der Waals surface area contributed by atoms with Crippen molar-refractivity contribution >= 4 is 43.0 Å². The summed E-state index contributed by atoms with van der Waals surface area (Å²) in [7, 11) is -0.512. The first-order valence-corrected chi connectivity index (χ1v) is 9.49. The third-order valence-corrected chi connectivity index (χ3v) is 6.63. The van der Waals surface area contributed by atoms with Crippen molar-refractivity contribution in [2.45, 2.75) is 4.90 Å². The van der Waals surface area contributed by atoms with Crippen LogP contribution in [0.3, 0.4) is 0 Å². The fraction of sp³-hybridized carbons (Fsp3) is 0.118. The van der Waals surface area contributed by atoms with Crippen molar-refractivity contribution in [1.29, 1.82) is 0 Å². The zero-order chi connectivity index (χ0) is 17.3. The highest BCUT2D eigenvalue weighted by Crippen LogP contribution is 2.31. The lowest BCUT2D eigenvalue weighted by Crippen LogP contribution is -2.26. The van der Waals surface area contributed by atoms with Crippen LogP contribution in [0.15, 0.2) is 59.5 Å². The molecular weight excluding hydrogens is 344 g/mol. The zero-order valence-corrected chi connectivity index (χ0v) is 14.8. The second-order valence-electron chi connectivity index (χ2n) is 5.20. The third-order valence-electron chi connectivity index (χ3n) is 3.72. The molecule has 2 aromatic carbocycles. The smallest absolute Gasteiger partial charge is 0.264 e. The van der Waals surface area contributed by atoms with E-state index in [0.717, 1.165) is 10.1 Å². The first kappa shape index (κ1) is 16.5. The number of hydrogen-bond donors (Lipinski definition) is 1. The van der Waals surface area contributed by atoms with Gasteiger partial charge >= 0.3 is 0 Å². The average molecular weight is 360 g/mol. The average Bonchev–Trinajstić information content (AvgIpc) is 3.04. The first-order chi connectivity index (χ1) is 11.4. The second-order valence-corrected chi connectivity index (χ2v) is 8.25. The summed E-state index contributed by atoms with van der Waals surface area (Å²) >= 11 is 1.37. The molecule has 0 aliphatic rings. The SMILES string of the molecule is CNC(=O)c1cc2cc(N(C)S(=O)(=O)c3ccccc3)ccc2s1. The van der Waals surface area contributed by atoms with Gasteiger partial charge in [0.15, 0.2) is 0 Å². The van der Waals surface area contributed by atoms with Crippen LogP contribution < -0.4 is 9.62 Å². The summed E-state index contributed by atoms with van der Waals surface area (Å²) in [6.07, 6.45) is 0. The molecule has 24 heavy (non-hydrogen) atoms. The Morgan fingerprint density at radius 1 is 1.08 bits per heavy atom. The number of rotatable bonds is 4. The van der Waals surface area contributed by atoms with E-state index in [1.54, 1.807) is 55.6 Å². The minimum absolute atomic E-state index is 0.150. The van der Waals surface area contributed by atoms with Crippen LogP contribution in [0.4, 0.5) is 5.69 Å². The van der Waals surface area contributed by atoms with Gasteiger partial charge in [-0.15, -0.1) is 11.3 Å². The molecule has 7 heteroatoms. The van der Waals surface area contributed by atoms with E-state index >= 15 is 0 Å². The van der Waals surface area contributed by atoms with Crippen LogP contribution in [0.2, 0.25) is 0 Å². The number of amides is 1. The predicted molar refractivity (Wildman–Crippen MR) is 97.2 cm³/mol. The number of anilines is 1.